The van der Waals surface area contributed by atoms with E-state index in [0.717, 1.165) is 43.4 Å². The summed E-state index contributed by atoms with van der Waals surface area (Å²) in [6.45, 7) is 11.7. The Labute approximate surface area is 130 Å². The Kier molecular flexibility index (Phi) is 4.06. The standard InChI is InChI=1S/C15H22N6O/c1-10-9-16-11(2)14(17-10)21-7-5-20(6-8-21)12(3)15-18-13(4)19-22-15/h9,12H,5-8H2,1-4H3. The minimum absolute atomic E-state index is 0.146. The molecule has 0 saturated carbocycles. The van der Waals surface area contributed by atoms with E-state index in [1.807, 2.05) is 27.0 Å². The van der Waals surface area contributed by atoms with Crippen molar-refractivity contribution in [1.29, 1.82) is 0 Å². The van der Waals surface area contributed by atoms with Crippen LogP contribution < -0.4 is 4.90 Å². The van der Waals surface area contributed by atoms with Crippen LogP contribution in [-0.4, -0.2) is 51.2 Å². The highest BCUT2D eigenvalue weighted by atomic mass is 16.5. The molecule has 1 aliphatic rings. The number of aromatic nitrogens is 4. The maximum absolute atomic E-state index is 5.29. The van der Waals surface area contributed by atoms with Crippen LogP contribution in [0.15, 0.2) is 10.7 Å². The third-order valence-electron chi connectivity index (χ3n) is 4.11. The lowest BCUT2D eigenvalue weighted by atomic mass is 10.2. The van der Waals surface area contributed by atoms with Crippen molar-refractivity contribution >= 4 is 5.82 Å². The molecule has 1 saturated heterocycles. The minimum Gasteiger partial charge on any atom is -0.353 e. The average molecular weight is 302 g/mol. The van der Waals surface area contributed by atoms with E-state index >= 15 is 0 Å². The third-order valence-corrected chi connectivity index (χ3v) is 4.11. The first-order valence-corrected chi connectivity index (χ1v) is 7.64. The summed E-state index contributed by atoms with van der Waals surface area (Å²) in [4.78, 5) is 18.0. The van der Waals surface area contributed by atoms with Crippen LogP contribution in [0.2, 0.25) is 0 Å². The van der Waals surface area contributed by atoms with Crippen molar-refractivity contribution in [1.82, 2.24) is 25.0 Å². The molecule has 3 rings (SSSR count). The van der Waals surface area contributed by atoms with Crippen molar-refractivity contribution in [3.05, 3.63) is 29.3 Å². The molecule has 1 fully saturated rings. The van der Waals surface area contributed by atoms with Gasteiger partial charge in [-0.1, -0.05) is 5.16 Å². The van der Waals surface area contributed by atoms with Crippen molar-refractivity contribution < 1.29 is 4.52 Å². The summed E-state index contributed by atoms with van der Waals surface area (Å²) in [6, 6.07) is 0.146. The lowest BCUT2D eigenvalue weighted by Gasteiger charge is -2.37. The molecule has 1 unspecified atom stereocenters. The van der Waals surface area contributed by atoms with Gasteiger partial charge in [0.05, 0.1) is 17.4 Å². The first-order chi connectivity index (χ1) is 10.5. The zero-order valence-electron chi connectivity index (χ0n) is 13.6. The highest BCUT2D eigenvalue weighted by Crippen LogP contribution is 2.23. The summed E-state index contributed by atoms with van der Waals surface area (Å²) in [5.74, 6) is 2.38. The molecule has 2 aromatic rings. The van der Waals surface area contributed by atoms with E-state index in [4.69, 9.17) is 4.52 Å². The van der Waals surface area contributed by atoms with Crippen LogP contribution in [0.4, 0.5) is 5.82 Å². The van der Waals surface area contributed by atoms with Gasteiger partial charge in [0.2, 0.25) is 5.89 Å². The zero-order valence-corrected chi connectivity index (χ0v) is 13.6. The molecule has 0 N–H and O–H groups in total. The van der Waals surface area contributed by atoms with Gasteiger partial charge in [0.1, 0.15) is 5.82 Å². The summed E-state index contributed by atoms with van der Waals surface area (Å²) in [6.07, 6.45) is 1.81. The van der Waals surface area contributed by atoms with Crippen molar-refractivity contribution in [3.63, 3.8) is 0 Å². The smallest absolute Gasteiger partial charge is 0.243 e. The fourth-order valence-electron chi connectivity index (χ4n) is 2.78. The molecule has 1 aliphatic heterocycles. The predicted octanol–water partition coefficient (Wildman–Crippen LogP) is 1.67. The maximum atomic E-state index is 5.29. The molecule has 7 heteroatoms. The molecule has 0 radical (unpaired) electrons. The minimum atomic E-state index is 0.146. The zero-order chi connectivity index (χ0) is 15.7. The SMILES string of the molecule is Cc1cnc(C)c(N2CCN(C(C)c3nc(C)no3)CC2)n1. The van der Waals surface area contributed by atoms with E-state index in [-0.39, 0.29) is 6.04 Å². The van der Waals surface area contributed by atoms with Gasteiger partial charge in [-0.05, 0) is 27.7 Å². The lowest BCUT2D eigenvalue weighted by Crippen LogP contribution is -2.47. The fourth-order valence-corrected chi connectivity index (χ4v) is 2.78. The van der Waals surface area contributed by atoms with Crippen LogP contribution in [0.5, 0.6) is 0 Å². The van der Waals surface area contributed by atoms with E-state index in [0.29, 0.717) is 11.7 Å². The molecule has 0 amide bonds. The molecule has 2 aromatic heterocycles. The number of piperazine rings is 1. The largest absolute Gasteiger partial charge is 0.353 e. The van der Waals surface area contributed by atoms with Gasteiger partial charge >= 0.3 is 0 Å². The van der Waals surface area contributed by atoms with Crippen molar-refractivity contribution in [3.8, 4) is 0 Å². The van der Waals surface area contributed by atoms with Crippen molar-refractivity contribution in [2.24, 2.45) is 0 Å². The first-order valence-electron chi connectivity index (χ1n) is 7.64. The van der Waals surface area contributed by atoms with Gasteiger partial charge in [-0.2, -0.15) is 4.98 Å². The lowest BCUT2D eigenvalue weighted by molar-refractivity contribution is 0.164. The topological polar surface area (TPSA) is 71.2 Å². The summed E-state index contributed by atoms with van der Waals surface area (Å²) >= 11 is 0. The van der Waals surface area contributed by atoms with Crippen molar-refractivity contribution in [2.45, 2.75) is 33.7 Å². The van der Waals surface area contributed by atoms with Gasteiger partial charge in [0.25, 0.3) is 0 Å². The normalized spacial score (nSPS) is 17.7. The van der Waals surface area contributed by atoms with Crippen LogP contribution >= 0.6 is 0 Å². The highest BCUT2D eigenvalue weighted by molar-refractivity contribution is 5.43. The summed E-state index contributed by atoms with van der Waals surface area (Å²) in [5, 5.41) is 3.87. The molecule has 118 valence electrons. The number of hydrogen-bond acceptors (Lipinski definition) is 7. The highest BCUT2D eigenvalue weighted by Gasteiger charge is 2.26. The molecule has 7 nitrogen and oxygen atoms in total. The van der Waals surface area contributed by atoms with E-state index in [2.05, 4.69) is 36.8 Å². The van der Waals surface area contributed by atoms with Crippen LogP contribution in [0, 0.1) is 20.8 Å². The second kappa shape index (κ2) is 6.00. The molecule has 0 bridgehead atoms. The average Bonchev–Trinajstić information content (AvgIpc) is 2.96. The van der Waals surface area contributed by atoms with E-state index < -0.39 is 0 Å². The molecule has 1 atom stereocenters. The van der Waals surface area contributed by atoms with Gasteiger partial charge in [0, 0.05) is 32.4 Å². The van der Waals surface area contributed by atoms with Crippen LogP contribution in [0.3, 0.4) is 0 Å². The summed E-state index contributed by atoms with van der Waals surface area (Å²) < 4.78 is 5.29. The fraction of sp³-hybridized carbons (Fsp3) is 0.600. The molecule has 0 aromatic carbocycles. The van der Waals surface area contributed by atoms with Gasteiger partial charge < -0.3 is 9.42 Å². The Bertz CT molecular complexity index is 647. The maximum Gasteiger partial charge on any atom is 0.243 e. The van der Waals surface area contributed by atoms with Crippen LogP contribution in [0.25, 0.3) is 0 Å². The predicted molar refractivity (Wildman–Crippen MR) is 82.7 cm³/mol. The summed E-state index contributed by atoms with van der Waals surface area (Å²) in [7, 11) is 0. The Morgan fingerprint density at radius 3 is 2.45 bits per heavy atom. The van der Waals surface area contributed by atoms with Crippen LogP contribution in [0.1, 0.15) is 36.1 Å². The van der Waals surface area contributed by atoms with E-state index in [1.54, 1.807) is 0 Å². The number of hydrogen-bond donors (Lipinski definition) is 0. The van der Waals surface area contributed by atoms with Gasteiger partial charge in [-0.25, -0.2) is 4.98 Å². The van der Waals surface area contributed by atoms with Gasteiger partial charge in [0.15, 0.2) is 5.82 Å². The van der Waals surface area contributed by atoms with Crippen LogP contribution in [-0.2, 0) is 0 Å². The number of nitrogens with zero attached hydrogens (tertiary/aromatic N) is 6. The van der Waals surface area contributed by atoms with E-state index in [9.17, 15) is 0 Å². The molecule has 0 aliphatic carbocycles. The second-order valence-electron chi connectivity index (χ2n) is 5.80. The molecule has 22 heavy (non-hydrogen) atoms. The number of anilines is 1. The quantitative estimate of drug-likeness (QED) is 0.854. The first kappa shape index (κ1) is 14.9. The van der Waals surface area contributed by atoms with Gasteiger partial charge in [-0.3, -0.25) is 9.88 Å². The molecular weight excluding hydrogens is 280 g/mol. The number of aryl methyl sites for hydroxylation is 3. The Morgan fingerprint density at radius 2 is 1.82 bits per heavy atom. The molecular formula is C15H22N6O. The summed E-state index contributed by atoms with van der Waals surface area (Å²) in [5.41, 5.74) is 1.94. The Morgan fingerprint density at radius 1 is 1.09 bits per heavy atom. The molecule has 0 spiro atoms. The van der Waals surface area contributed by atoms with E-state index in [1.165, 1.54) is 0 Å². The second-order valence-corrected chi connectivity index (χ2v) is 5.80. The Balaban J connectivity index is 1.66. The van der Waals surface area contributed by atoms with Crippen molar-refractivity contribution in [2.75, 3.05) is 31.1 Å². The van der Waals surface area contributed by atoms with Gasteiger partial charge in [-0.15, -0.1) is 0 Å². The third kappa shape index (κ3) is 2.94. The molecule has 3 heterocycles. The monoisotopic (exact) mass is 302 g/mol. The number of rotatable bonds is 3. The Hall–Kier alpha value is -2.02.